The average molecular weight is 443 g/mol. The lowest BCUT2D eigenvalue weighted by molar-refractivity contribution is 0.101. The highest BCUT2D eigenvalue weighted by Crippen LogP contribution is 2.21. The van der Waals surface area contributed by atoms with E-state index < -0.39 is 5.91 Å². The summed E-state index contributed by atoms with van der Waals surface area (Å²) in [7, 11) is 0. The number of benzene rings is 3. The van der Waals surface area contributed by atoms with E-state index in [4.69, 9.17) is 5.41 Å². The fourth-order valence-electron chi connectivity index (χ4n) is 4.04. The number of fused-ring (bicyclic) bond motifs is 1. The molecule has 0 saturated carbocycles. The minimum Gasteiger partial charge on any atom is -0.357 e. The molecule has 0 spiro atoms. The topological polar surface area (TPSA) is 99.8 Å². The molecule has 0 atom stereocenters. The largest absolute Gasteiger partial charge is 0.357 e. The molecule has 1 aliphatic rings. The van der Waals surface area contributed by atoms with Gasteiger partial charge >= 0.3 is 0 Å². The van der Waals surface area contributed by atoms with Gasteiger partial charge in [-0.25, -0.2) is 4.39 Å². The van der Waals surface area contributed by atoms with E-state index in [-0.39, 0.29) is 11.6 Å². The second-order valence-electron chi connectivity index (χ2n) is 8.02. The molecule has 33 heavy (non-hydrogen) atoms. The van der Waals surface area contributed by atoms with Crippen LogP contribution in [0.1, 0.15) is 35.4 Å². The monoisotopic (exact) mass is 443 g/mol. The first-order chi connectivity index (χ1) is 16.1. The first-order valence-corrected chi connectivity index (χ1v) is 10.8. The number of tetrazole rings is 1. The van der Waals surface area contributed by atoms with Crippen molar-refractivity contribution in [3.8, 4) is 5.69 Å². The Bertz CT molecular complexity index is 1330. The third-order valence-electron chi connectivity index (χ3n) is 5.79. The number of halogens is 1. The average Bonchev–Trinajstić information content (AvgIpc) is 3.34. The van der Waals surface area contributed by atoms with Gasteiger partial charge < -0.3 is 10.2 Å². The van der Waals surface area contributed by atoms with Crippen LogP contribution >= 0.6 is 0 Å². The molecule has 0 bridgehead atoms. The summed E-state index contributed by atoms with van der Waals surface area (Å²) in [5, 5.41) is 24.3. The van der Waals surface area contributed by atoms with Crippen LogP contribution in [0.3, 0.4) is 0 Å². The molecule has 5 rings (SSSR count). The van der Waals surface area contributed by atoms with Crippen LogP contribution in [-0.2, 0) is 0 Å². The first kappa shape index (κ1) is 20.7. The van der Waals surface area contributed by atoms with Gasteiger partial charge in [0.15, 0.2) is 0 Å². The van der Waals surface area contributed by atoms with Gasteiger partial charge in [0.2, 0.25) is 5.82 Å². The maximum Gasteiger partial charge on any atom is 0.295 e. The molecule has 1 aliphatic heterocycles. The number of rotatable bonds is 4. The number of nitrogens with zero attached hydrogens (tertiary/aromatic N) is 5. The third kappa shape index (κ3) is 4.30. The first-order valence-electron chi connectivity index (χ1n) is 10.8. The Labute approximate surface area is 189 Å². The highest BCUT2D eigenvalue weighted by Gasteiger charge is 2.18. The molecule has 1 amide bonds. The maximum absolute atomic E-state index is 13.4. The highest BCUT2D eigenvalue weighted by atomic mass is 19.1. The number of hydrogen-bond acceptors (Lipinski definition) is 5. The molecule has 1 aromatic heterocycles. The Balaban J connectivity index is 1.32. The number of carbonyl (C=O) groups is 1. The van der Waals surface area contributed by atoms with Crippen molar-refractivity contribution in [2.75, 3.05) is 18.4 Å². The molecular weight excluding hydrogens is 421 g/mol. The number of nitrogens with one attached hydrogen (secondary N) is 2. The fourth-order valence-corrected chi connectivity index (χ4v) is 4.04. The Kier molecular flexibility index (Phi) is 5.52. The molecule has 166 valence electrons. The van der Waals surface area contributed by atoms with Gasteiger partial charge in [0.25, 0.3) is 5.91 Å². The number of piperidine rings is 1. The van der Waals surface area contributed by atoms with Crippen LogP contribution in [0.25, 0.3) is 16.5 Å². The standard InChI is InChI=1S/C24H22FN7O/c25-19-8-4-18-15-21(11-7-17(18)14-19)32-23(28-29-30-32)24(33)27-20-9-5-16(6-10-20)22(26)31-12-2-1-3-13-31/h4-11,14-15,26H,1-3,12-13H2,(H,27,33). The van der Waals surface area contributed by atoms with Gasteiger partial charge in [-0.1, -0.05) is 12.1 Å². The van der Waals surface area contributed by atoms with E-state index in [0.29, 0.717) is 17.2 Å². The summed E-state index contributed by atoms with van der Waals surface area (Å²) in [5.41, 5.74) is 1.99. The predicted molar refractivity (Wildman–Crippen MR) is 123 cm³/mol. The number of amides is 1. The maximum atomic E-state index is 13.4. The molecule has 2 N–H and O–H groups in total. The van der Waals surface area contributed by atoms with E-state index in [1.54, 1.807) is 36.4 Å². The van der Waals surface area contributed by atoms with Gasteiger partial charge in [0, 0.05) is 24.3 Å². The van der Waals surface area contributed by atoms with Crippen LogP contribution in [0.2, 0.25) is 0 Å². The number of carbonyl (C=O) groups excluding carboxylic acids is 1. The molecule has 2 heterocycles. The fraction of sp³-hybridized carbons (Fsp3) is 0.208. The van der Waals surface area contributed by atoms with E-state index >= 15 is 0 Å². The molecule has 1 saturated heterocycles. The van der Waals surface area contributed by atoms with Crippen molar-refractivity contribution in [2.45, 2.75) is 19.3 Å². The minimum absolute atomic E-state index is 0.0293. The third-order valence-corrected chi connectivity index (χ3v) is 5.79. The van der Waals surface area contributed by atoms with Crippen molar-refractivity contribution >= 4 is 28.2 Å². The van der Waals surface area contributed by atoms with Crippen LogP contribution in [0.4, 0.5) is 10.1 Å². The molecule has 9 heteroatoms. The van der Waals surface area contributed by atoms with Crippen molar-refractivity contribution in [1.29, 1.82) is 5.41 Å². The SMILES string of the molecule is N=C(c1ccc(NC(=O)c2nnnn2-c2ccc3cc(F)ccc3c2)cc1)N1CCCCC1. The zero-order valence-corrected chi connectivity index (χ0v) is 17.8. The van der Waals surface area contributed by atoms with E-state index in [2.05, 4.69) is 25.7 Å². The molecule has 0 aliphatic carbocycles. The van der Waals surface area contributed by atoms with Crippen molar-refractivity contribution in [1.82, 2.24) is 25.1 Å². The smallest absolute Gasteiger partial charge is 0.295 e. The van der Waals surface area contributed by atoms with Gasteiger partial charge in [0.1, 0.15) is 11.7 Å². The zero-order chi connectivity index (χ0) is 22.8. The van der Waals surface area contributed by atoms with Crippen LogP contribution in [0, 0.1) is 11.2 Å². The van der Waals surface area contributed by atoms with E-state index in [0.717, 1.165) is 42.3 Å². The Morgan fingerprint density at radius 1 is 0.939 bits per heavy atom. The lowest BCUT2D eigenvalue weighted by atomic mass is 10.1. The zero-order valence-electron chi connectivity index (χ0n) is 17.8. The van der Waals surface area contributed by atoms with Gasteiger partial charge in [0.05, 0.1) is 5.69 Å². The summed E-state index contributed by atoms with van der Waals surface area (Å²) < 4.78 is 14.8. The summed E-state index contributed by atoms with van der Waals surface area (Å²) in [6, 6.07) is 17.0. The van der Waals surface area contributed by atoms with E-state index in [1.165, 1.54) is 23.2 Å². The van der Waals surface area contributed by atoms with Crippen LogP contribution in [0.5, 0.6) is 0 Å². The summed E-state index contributed by atoms with van der Waals surface area (Å²) >= 11 is 0. The molecule has 0 unspecified atom stereocenters. The number of aromatic nitrogens is 4. The number of hydrogen-bond donors (Lipinski definition) is 2. The Morgan fingerprint density at radius 2 is 1.67 bits per heavy atom. The van der Waals surface area contributed by atoms with Gasteiger partial charge in [-0.2, -0.15) is 4.68 Å². The van der Waals surface area contributed by atoms with Crippen LogP contribution in [-0.4, -0.2) is 49.9 Å². The minimum atomic E-state index is -0.460. The lowest BCUT2D eigenvalue weighted by Gasteiger charge is -2.29. The quantitative estimate of drug-likeness (QED) is 0.367. The van der Waals surface area contributed by atoms with E-state index in [9.17, 15) is 9.18 Å². The highest BCUT2D eigenvalue weighted by molar-refractivity contribution is 6.02. The number of amidine groups is 1. The molecule has 3 aromatic carbocycles. The van der Waals surface area contributed by atoms with Gasteiger partial charge in [-0.05, 0) is 89.0 Å². The number of anilines is 1. The summed E-state index contributed by atoms with van der Waals surface area (Å²) in [6.45, 7) is 1.81. The normalized spacial score (nSPS) is 13.8. The summed E-state index contributed by atoms with van der Waals surface area (Å²) in [4.78, 5) is 15.0. The lowest BCUT2D eigenvalue weighted by Crippen LogP contribution is -2.35. The molecule has 4 aromatic rings. The Hall–Kier alpha value is -4.14. The second kappa shape index (κ2) is 8.78. The van der Waals surface area contributed by atoms with Gasteiger partial charge in [-0.3, -0.25) is 10.2 Å². The summed E-state index contributed by atoms with van der Waals surface area (Å²) in [5.74, 6) is -0.234. The second-order valence-corrected chi connectivity index (χ2v) is 8.02. The van der Waals surface area contributed by atoms with Gasteiger partial charge in [-0.15, -0.1) is 5.10 Å². The van der Waals surface area contributed by atoms with Crippen molar-refractivity contribution in [2.24, 2.45) is 0 Å². The molecule has 0 radical (unpaired) electrons. The van der Waals surface area contributed by atoms with Crippen LogP contribution in [0.15, 0.2) is 60.7 Å². The molecular formula is C24H22FN7O. The van der Waals surface area contributed by atoms with E-state index in [1.807, 2.05) is 12.1 Å². The van der Waals surface area contributed by atoms with Crippen LogP contribution < -0.4 is 5.32 Å². The summed E-state index contributed by atoms with van der Waals surface area (Å²) in [6.07, 6.45) is 3.44. The van der Waals surface area contributed by atoms with Crippen molar-refractivity contribution < 1.29 is 9.18 Å². The number of likely N-dealkylation sites (tertiary alicyclic amines) is 1. The Morgan fingerprint density at radius 3 is 2.45 bits per heavy atom. The van der Waals surface area contributed by atoms with Crippen molar-refractivity contribution in [3.63, 3.8) is 0 Å². The molecule has 1 fully saturated rings. The van der Waals surface area contributed by atoms with Crippen molar-refractivity contribution in [3.05, 3.63) is 77.9 Å². The predicted octanol–water partition coefficient (Wildman–Crippen LogP) is 4.02. The molecule has 8 nitrogen and oxygen atoms in total.